The van der Waals surface area contributed by atoms with Crippen molar-refractivity contribution in [2.24, 2.45) is 0 Å². The molecule has 2 aromatic rings. The molecule has 5 rings (SSSR count). The van der Waals surface area contributed by atoms with Crippen LogP contribution in [0.3, 0.4) is 0 Å². The third-order valence-corrected chi connectivity index (χ3v) is 6.27. The summed E-state index contributed by atoms with van der Waals surface area (Å²) in [5, 5.41) is 9.13. The molecule has 32 heavy (non-hydrogen) atoms. The van der Waals surface area contributed by atoms with E-state index < -0.39 is 6.04 Å². The van der Waals surface area contributed by atoms with E-state index in [0.717, 1.165) is 48.8 Å². The maximum absolute atomic E-state index is 12.8. The summed E-state index contributed by atoms with van der Waals surface area (Å²) in [6, 6.07) is 9.22. The zero-order valence-electron chi connectivity index (χ0n) is 17.8. The van der Waals surface area contributed by atoms with Crippen LogP contribution < -0.4 is 20.9 Å². The molecule has 3 N–H and O–H groups in total. The number of anilines is 2. The van der Waals surface area contributed by atoms with E-state index in [9.17, 15) is 14.4 Å². The number of pyridine rings is 1. The topological polar surface area (TPSA) is 107 Å². The molecule has 3 amide bonds. The van der Waals surface area contributed by atoms with Crippen LogP contribution in [0, 0.1) is 0 Å². The molecule has 0 radical (unpaired) electrons. The molecule has 1 aromatic carbocycles. The Bertz CT molecular complexity index is 1070. The summed E-state index contributed by atoms with van der Waals surface area (Å²) in [6.07, 6.45) is 2.45. The Balaban J connectivity index is 1.25. The normalized spacial score (nSPS) is 20.9. The van der Waals surface area contributed by atoms with E-state index in [0.29, 0.717) is 25.1 Å². The summed E-state index contributed by atoms with van der Waals surface area (Å²) in [4.78, 5) is 44.8. The molecule has 0 bridgehead atoms. The van der Waals surface area contributed by atoms with Crippen LogP contribution in [0.25, 0.3) is 0 Å². The van der Waals surface area contributed by atoms with Crippen molar-refractivity contribution in [2.75, 3.05) is 36.4 Å². The first-order valence-corrected chi connectivity index (χ1v) is 11.0. The molecule has 1 atom stereocenters. The fourth-order valence-corrected chi connectivity index (χ4v) is 4.54. The first-order valence-electron chi connectivity index (χ1n) is 11.0. The highest BCUT2D eigenvalue weighted by Crippen LogP contribution is 2.28. The number of fused-ring (bicyclic) bond motifs is 1. The third kappa shape index (κ3) is 4.03. The van der Waals surface area contributed by atoms with Crippen LogP contribution >= 0.6 is 0 Å². The lowest BCUT2D eigenvalue weighted by Crippen LogP contribution is -2.52. The Kier molecular flexibility index (Phi) is 5.48. The number of piperazine rings is 1. The van der Waals surface area contributed by atoms with Gasteiger partial charge in [-0.05, 0) is 29.7 Å². The number of carbonyl (C=O) groups excluding carboxylic acids is 3. The lowest BCUT2D eigenvalue weighted by molar-refractivity contribution is -0.136. The van der Waals surface area contributed by atoms with Crippen molar-refractivity contribution in [3.63, 3.8) is 0 Å². The predicted molar refractivity (Wildman–Crippen MR) is 119 cm³/mol. The lowest BCUT2D eigenvalue weighted by Gasteiger charge is -2.29. The van der Waals surface area contributed by atoms with E-state index in [2.05, 4.69) is 31.9 Å². The van der Waals surface area contributed by atoms with Gasteiger partial charge < -0.3 is 20.4 Å². The minimum atomic E-state index is -0.589. The molecule has 166 valence electrons. The number of imide groups is 1. The van der Waals surface area contributed by atoms with Crippen LogP contribution in [0.1, 0.15) is 34.3 Å². The minimum absolute atomic E-state index is 0.149. The molecule has 4 heterocycles. The third-order valence-electron chi connectivity index (χ3n) is 6.27. The average molecular weight is 435 g/mol. The minimum Gasteiger partial charge on any atom is -0.381 e. The van der Waals surface area contributed by atoms with Crippen LogP contribution in [-0.2, 0) is 22.7 Å². The van der Waals surface area contributed by atoms with E-state index in [1.807, 2.05) is 30.5 Å². The number of piperidine rings is 1. The summed E-state index contributed by atoms with van der Waals surface area (Å²) in [6.45, 7) is 4.81. The molecular weight excluding hydrogens is 408 g/mol. The van der Waals surface area contributed by atoms with Crippen LogP contribution in [0.2, 0.25) is 0 Å². The molecule has 0 spiro atoms. The summed E-state index contributed by atoms with van der Waals surface area (Å²) in [7, 11) is 0. The highest BCUT2D eigenvalue weighted by atomic mass is 16.2. The number of amides is 3. The van der Waals surface area contributed by atoms with Gasteiger partial charge in [0.2, 0.25) is 11.8 Å². The Morgan fingerprint density at radius 3 is 2.75 bits per heavy atom. The second-order valence-electron chi connectivity index (χ2n) is 8.38. The van der Waals surface area contributed by atoms with Gasteiger partial charge in [-0.1, -0.05) is 12.1 Å². The van der Waals surface area contributed by atoms with Crippen LogP contribution in [0.4, 0.5) is 11.5 Å². The van der Waals surface area contributed by atoms with Gasteiger partial charge >= 0.3 is 0 Å². The number of carbonyl (C=O) groups is 3. The van der Waals surface area contributed by atoms with Crippen molar-refractivity contribution in [2.45, 2.75) is 32.0 Å². The lowest BCUT2D eigenvalue weighted by atomic mass is 10.0. The summed E-state index contributed by atoms with van der Waals surface area (Å²) in [5.41, 5.74) is 3.59. The second kappa shape index (κ2) is 8.58. The van der Waals surface area contributed by atoms with Gasteiger partial charge in [0.1, 0.15) is 11.9 Å². The largest absolute Gasteiger partial charge is 0.381 e. The number of nitrogens with zero attached hydrogens (tertiary/aromatic N) is 3. The number of hydrogen-bond donors (Lipinski definition) is 3. The maximum Gasteiger partial charge on any atom is 0.255 e. The molecule has 1 aromatic heterocycles. The van der Waals surface area contributed by atoms with E-state index in [-0.39, 0.29) is 24.1 Å². The number of hydrogen-bond acceptors (Lipinski definition) is 7. The number of rotatable bonds is 5. The molecular formula is C23H26N6O3. The van der Waals surface area contributed by atoms with Crippen LogP contribution in [-0.4, -0.2) is 59.8 Å². The van der Waals surface area contributed by atoms with Gasteiger partial charge in [-0.3, -0.25) is 19.7 Å². The number of aromatic nitrogens is 1. The molecule has 2 saturated heterocycles. The van der Waals surface area contributed by atoms with Crippen LogP contribution in [0.15, 0.2) is 36.5 Å². The molecule has 9 heteroatoms. The highest BCUT2D eigenvalue weighted by molar-refractivity contribution is 6.05. The highest BCUT2D eigenvalue weighted by Gasteiger charge is 2.39. The fraction of sp³-hybridized carbons (Fsp3) is 0.391. The van der Waals surface area contributed by atoms with Gasteiger partial charge in [0.15, 0.2) is 0 Å². The van der Waals surface area contributed by atoms with E-state index in [1.165, 1.54) is 0 Å². The van der Waals surface area contributed by atoms with Gasteiger partial charge in [0.05, 0.1) is 0 Å². The second-order valence-corrected chi connectivity index (χ2v) is 8.38. The van der Waals surface area contributed by atoms with Gasteiger partial charge in [0, 0.05) is 69.2 Å². The zero-order chi connectivity index (χ0) is 22.1. The maximum atomic E-state index is 12.8. The molecule has 0 saturated carbocycles. The first kappa shape index (κ1) is 20.4. The Morgan fingerprint density at radius 2 is 1.94 bits per heavy atom. The summed E-state index contributed by atoms with van der Waals surface area (Å²) >= 11 is 0. The Labute approximate surface area is 186 Å². The summed E-state index contributed by atoms with van der Waals surface area (Å²) in [5.74, 6) is 0.155. The van der Waals surface area contributed by atoms with E-state index in [4.69, 9.17) is 0 Å². The van der Waals surface area contributed by atoms with E-state index in [1.54, 1.807) is 4.90 Å². The summed E-state index contributed by atoms with van der Waals surface area (Å²) < 4.78 is 0. The van der Waals surface area contributed by atoms with Crippen molar-refractivity contribution in [1.29, 1.82) is 0 Å². The standard InChI is InChI=1S/C23H26N6O3/c30-21-4-3-19(22(31)27-21)29-14-16-11-15(1-2-18(16)23(29)32)13-26-17-5-6-25-20(12-17)28-9-7-24-8-10-28/h1-2,5-6,11-12,19,24H,3-4,7-10,13-14H2,(H,25,26)(H,27,30,31). The van der Waals surface area contributed by atoms with Gasteiger partial charge in [-0.25, -0.2) is 4.98 Å². The van der Waals surface area contributed by atoms with Gasteiger partial charge in [-0.2, -0.15) is 0 Å². The predicted octanol–water partition coefficient (Wildman–Crippen LogP) is 0.864. The quantitative estimate of drug-likeness (QED) is 0.600. The monoisotopic (exact) mass is 434 g/mol. The Hall–Kier alpha value is -3.46. The molecule has 0 aliphatic carbocycles. The van der Waals surface area contributed by atoms with Crippen molar-refractivity contribution in [1.82, 2.24) is 20.5 Å². The van der Waals surface area contributed by atoms with Crippen LogP contribution in [0.5, 0.6) is 0 Å². The van der Waals surface area contributed by atoms with Crippen molar-refractivity contribution in [3.05, 3.63) is 53.2 Å². The Morgan fingerprint density at radius 1 is 1.09 bits per heavy atom. The first-order chi connectivity index (χ1) is 15.6. The molecule has 3 aliphatic rings. The smallest absolute Gasteiger partial charge is 0.255 e. The molecule has 3 aliphatic heterocycles. The molecule has 2 fully saturated rings. The number of benzene rings is 1. The molecule has 9 nitrogen and oxygen atoms in total. The van der Waals surface area contributed by atoms with Crippen molar-refractivity contribution >= 4 is 29.2 Å². The van der Waals surface area contributed by atoms with Crippen molar-refractivity contribution < 1.29 is 14.4 Å². The van der Waals surface area contributed by atoms with Gasteiger partial charge in [0.25, 0.3) is 5.91 Å². The fourth-order valence-electron chi connectivity index (χ4n) is 4.54. The van der Waals surface area contributed by atoms with Crippen molar-refractivity contribution in [3.8, 4) is 0 Å². The SMILES string of the molecule is O=C1CCC(N2Cc3cc(CNc4ccnc(N5CCNCC5)c4)ccc3C2=O)C(=O)N1. The van der Waals surface area contributed by atoms with Gasteiger partial charge in [-0.15, -0.1) is 0 Å². The molecule has 1 unspecified atom stereocenters. The average Bonchev–Trinajstić information content (AvgIpc) is 3.14. The number of nitrogens with one attached hydrogen (secondary N) is 3. The zero-order valence-corrected chi connectivity index (χ0v) is 17.8. The van der Waals surface area contributed by atoms with E-state index >= 15 is 0 Å².